The van der Waals surface area contributed by atoms with Gasteiger partial charge in [0.2, 0.25) is 0 Å². The number of benzene rings is 6. The fraction of sp³-hybridized carbons (Fsp3) is 0.115. The van der Waals surface area contributed by atoms with Crippen molar-refractivity contribution in [2.24, 2.45) is 0 Å². The molecule has 8 aromatic rings. The van der Waals surface area contributed by atoms with E-state index in [0.717, 1.165) is 41.7 Å². The second-order valence-electron chi connectivity index (χ2n) is 15.1. The molecule has 2 aliphatic carbocycles. The minimum Gasteiger partial charge on any atom is -0.261 e. The number of aryl methyl sites for hydroxylation is 3. The van der Waals surface area contributed by atoms with Crippen molar-refractivity contribution in [3.05, 3.63) is 197 Å². The highest BCUT2D eigenvalue weighted by Crippen LogP contribution is 2.42. The number of fused-ring (bicyclic) bond motifs is 4. The van der Waals surface area contributed by atoms with Gasteiger partial charge in [0.05, 0.1) is 0 Å². The molecule has 0 amide bonds. The van der Waals surface area contributed by atoms with Gasteiger partial charge in [-0.1, -0.05) is 139 Å². The van der Waals surface area contributed by atoms with E-state index in [1.165, 1.54) is 66.1 Å². The van der Waals surface area contributed by atoms with E-state index >= 15 is 0 Å². The summed E-state index contributed by atoms with van der Waals surface area (Å²) in [5, 5.41) is 5.08. The summed E-state index contributed by atoms with van der Waals surface area (Å²) in [5.41, 5.74) is 13.8. The zero-order valence-corrected chi connectivity index (χ0v) is 31.6. The van der Waals surface area contributed by atoms with E-state index in [9.17, 15) is 0 Å². The lowest BCUT2D eigenvalue weighted by Crippen LogP contribution is -2.10. The molecule has 0 N–H and O–H groups in total. The fourth-order valence-corrected chi connectivity index (χ4v) is 8.47. The predicted molar refractivity (Wildman–Crippen MR) is 232 cm³/mol. The van der Waals surface area contributed by atoms with Gasteiger partial charge in [-0.05, 0) is 118 Å². The number of allylic oxidation sites excluding steroid dienone is 5. The molecular weight excluding hydrogens is 681 g/mol. The van der Waals surface area contributed by atoms with Gasteiger partial charge in [-0.2, -0.15) is 0 Å². The number of nitrogens with zero attached hydrogens (tertiary/aromatic N) is 4. The second kappa shape index (κ2) is 14.1. The molecule has 4 heteroatoms. The third kappa shape index (κ3) is 6.33. The first-order valence-electron chi connectivity index (χ1n) is 19.5. The van der Waals surface area contributed by atoms with Crippen LogP contribution in [0.4, 0.5) is 0 Å². The van der Waals surface area contributed by atoms with Crippen LogP contribution < -0.4 is 0 Å². The van der Waals surface area contributed by atoms with Crippen molar-refractivity contribution < 1.29 is 0 Å². The number of hydrogen-bond donors (Lipinski definition) is 0. The first-order chi connectivity index (χ1) is 27.5. The average molecular weight is 721 g/mol. The molecule has 0 spiro atoms. The molecule has 0 bridgehead atoms. The van der Waals surface area contributed by atoms with Crippen molar-refractivity contribution in [2.45, 2.75) is 39.0 Å². The SMILES string of the molecule is Cc1cccc(-c2nc(C3=CC(c4ccnc5c4C=CCC5)=CC(c4ccc(-c5cc6ccccc6c6ccccc56)cc4)C3)nc(-c3cccc(C)c3)n2)c1. The summed E-state index contributed by atoms with van der Waals surface area (Å²) in [6.45, 7) is 4.21. The Labute approximate surface area is 327 Å². The van der Waals surface area contributed by atoms with E-state index in [4.69, 9.17) is 19.9 Å². The quantitative estimate of drug-likeness (QED) is 0.161. The zero-order chi connectivity index (χ0) is 37.6. The molecule has 0 aliphatic heterocycles. The maximum atomic E-state index is 5.22. The number of aromatic nitrogens is 4. The van der Waals surface area contributed by atoms with Crippen molar-refractivity contribution in [3.8, 4) is 33.9 Å². The first-order valence-corrected chi connectivity index (χ1v) is 19.5. The summed E-state index contributed by atoms with van der Waals surface area (Å²) in [4.78, 5) is 20.3. The molecule has 0 fully saturated rings. The van der Waals surface area contributed by atoms with Crippen molar-refractivity contribution >= 4 is 38.8 Å². The molecule has 0 saturated heterocycles. The predicted octanol–water partition coefficient (Wildman–Crippen LogP) is 12.8. The van der Waals surface area contributed by atoms with Gasteiger partial charge in [0, 0.05) is 34.5 Å². The average Bonchev–Trinajstić information content (AvgIpc) is 3.25. The molecular formula is C52H40N4. The molecule has 10 rings (SSSR count). The first kappa shape index (κ1) is 33.8. The molecule has 2 aromatic heterocycles. The zero-order valence-electron chi connectivity index (χ0n) is 31.6. The Kier molecular flexibility index (Phi) is 8.52. The maximum absolute atomic E-state index is 5.22. The fourth-order valence-electron chi connectivity index (χ4n) is 8.47. The van der Waals surface area contributed by atoms with Crippen LogP contribution in [-0.2, 0) is 6.42 Å². The van der Waals surface area contributed by atoms with Crippen molar-refractivity contribution in [2.75, 3.05) is 0 Å². The monoisotopic (exact) mass is 720 g/mol. The van der Waals surface area contributed by atoms with Crippen LogP contribution >= 0.6 is 0 Å². The van der Waals surface area contributed by atoms with Crippen molar-refractivity contribution in [3.63, 3.8) is 0 Å². The number of hydrogen-bond acceptors (Lipinski definition) is 4. The maximum Gasteiger partial charge on any atom is 0.164 e. The molecule has 1 unspecified atom stereocenters. The van der Waals surface area contributed by atoms with Gasteiger partial charge in [-0.25, -0.2) is 15.0 Å². The molecule has 0 saturated carbocycles. The Morgan fingerprint density at radius 3 is 1.98 bits per heavy atom. The Hall–Kier alpha value is -6.78. The highest BCUT2D eigenvalue weighted by Gasteiger charge is 2.25. The van der Waals surface area contributed by atoms with Gasteiger partial charge < -0.3 is 0 Å². The summed E-state index contributed by atoms with van der Waals surface area (Å²) < 4.78 is 0. The lowest BCUT2D eigenvalue weighted by molar-refractivity contribution is 0.856. The number of pyridine rings is 1. The standard InChI is InChI=1S/C52H40N4/c1-33-11-9-14-38(27-33)50-54-51(39-15-10-12-34(2)28-39)56-52(55-50)42-30-40(29-41(31-42)44-25-26-53-49-20-8-7-19-47(44)49)35-21-23-36(24-22-35)48-32-37-13-3-4-16-43(37)45-17-5-6-18-46(45)48/h3-7,9-19,21-29,31-32,40H,8,20,30H2,1-2H3. The third-order valence-electron chi connectivity index (χ3n) is 11.3. The van der Waals surface area contributed by atoms with Crippen LogP contribution in [0.25, 0.3) is 72.7 Å². The van der Waals surface area contributed by atoms with Gasteiger partial charge in [-0.3, -0.25) is 4.98 Å². The van der Waals surface area contributed by atoms with E-state index in [1.807, 2.05) is 6.20 Å². The Morgan fingerprint density at radius 1 is 0.571 bits per heavy atom. The van der Waals surface area contributed by atoms with Gasteiger partial charge in [0.15, 0.2) is 17.5 Å². The normalized spacial score (nSPS) is 15.1. The largest absolute Gasteiger partial charge is 0.261 e. The van der Waals surface area contributed by atoms with E-state index < -0.39 is 0 Å². The second-order valence-corrected chi connectivity index (χ2v) is 15.1. The van der Waals surface area contributed by atoms with Crippen LogP contribution in [0.3, 0.4) is 0 Å². The lowest BCUT2D eigenvalue weighted by atomic mass is 9.81. The van der Waals surface area contributed by atoms with Crippen LogP contribution in [0.2, 0.25) is 0 Å². The highest BCUT2D eigenvalue weighted by atomic mass is 15.0. The highest BCUT2D eigenvalue weighted by molar-refractivity contribution is 6.13. The summed E-state index contributed by atoms with van der Waals surface area (Å²) in [6, 6.07) is 48.0. The lowest BCUT2D eigenvalue weighted by Gasteiger charge is -2.24. The van der Waals surface area contributed by atoms with Crippen LogP contribution in [-0.4, -0.2) is 19.9 Å². The third-order valence-corrected chi connectivity index (χ3v) is 11.3. The molecule has 56 heavy (non-hydrogen) atoms. The minimum absolute atomic E-state index is 0.102. The molecule has 0 radical (unpaired) electrons. The summed E-state index contributed by atoms with van der Waals surface area (Å²) >= 11 is 0. The molecule has 1 atom stereocenters. The van der Waals surface area contributed by atoms with E-state index in [0.29, 0.717) is 17.5 Å². The van der Waals surface area contributed by atoms with E-state index in [1.54, 1.807) is 0 Å². The van der Waals surface area contributed by atoms with E-state index in [2.05, 4.69) is 172 Å². The summed E-state index contributed by atoms with van der Waals surface area (Å²) in [5.74, 6) is 2.17. The smallest absolute Gasteiger partial charge is 0.164 e. The summed E-state index contributed by atoms with van der Waals surface area (Å²) in [6.07, 6.45) is 13.9. The van der Waals surface area contributed by atoms with Crippen molar-refractivity contribution in [1.82, 2.24) is 19.9 Å². The van der Waals surface area contributed by atoms with Crippen LogP contribution in [0.5, 0.6) is 0 Å². The Balaban J connectivity index is 1.11. The van der Waals surface area contributed by atoms with Crippen LogP contribution in [0.15, 0.2) is 158 Å². The Morgan fingerprint density at radius 2 is 1.25 bits per heavy atom. The Bertz CT molecular complexity index is 2850. The van der Waals surface area contributed by atoms with Gasteiger partial charge in [0.1, 0.15) is 0 Å². The molecule has 268 valence electrons. The van der Waals surface area contributed by atoms with Gasteiger partial charge >= 0.3 is 0 Å². The topological polar surface area (TPSA) is 51.6 Å². The summed E-state index contributed by atoms with van der Waals surface area (Å²) in [7, 11) is 0. The van der Waals surface area contributed by atoms with Crippen molar-refractivity contribution in [1.29, 1.82) is 0 Å². The van der Waals surface area contributed by atoms with Gasteiger partial charge in [0.25, 0.3) is 0 Å². The molecule has 6 aromatic carbocycles. The minimum atomic E-state index is 0.102. The number of rotatable bonds is 6. The molecule has 4 nitrogen and oxygen atoms in total. The van der Waals surface area contributed by atoms with Crippen LogP contribution in [0, 0.1) is 13.8 Å². The molecule has 2 aliphatic rings. The van der Waals surface area contributed by atoms with Gasteiger partial charge in [-0.15, -0.1) is 0 Å². The molecule has 2 heterocycles. The van der Waals surface area contributed by atoms with E-state index in [-0.39, 0.29) is 5.92 Å². The van der Waals surface area contributed by atoms with Crippen LogP contribution in [0.1, 0.15) is 58.1 Å².